The Morgan fingerprint density at radius 3 is 2.58 bits per heavy atom. The molecule has 0 atom stereocenters. The number of carbonyl (C=O) groups is 1. The number of urea groups is 1. The van der Waals surface area contributed by atoms with Crippen LogP contribution in [0.15, 0.2) is 71.5 Å². The van der Waals surface area contributed by atoms with Gasteiger partial charge in [-0.2, -0.15) is 9.36 Å². The molecule has 9 heteroatoms. The second kappa shape index (κ2) is 9.23. The minimum absolute atomic E-state index is 0.316. The van der Waals surface area contributed by atoms with Gasteiger partial charge in [0.05, 0.1) is 18.8 Å². The molecule has 0 fully saturated rings. The third-order valence-corrected chi connectivity index (χ3v) is 4.84. The van der Waals surface area contributed by atoms with Crippen LogP contribution in [0.25, 0.3) is 16.5 Å². The summed E-state index contributed by atoms with van der Waals surface area (Å²) in [6.07, 6.45) is 0. The average Bonchev–Trinajstić information content (AvgIpc) is 3.17. The average molecular weight is 418 g/mol. The van der Waals surface area contributed by atoms with E-state index in [0.29, 0.717) is 31.1 Å². The number of fused-ring (bicyclic) bond motifs is 1. The predicted molar refractivity (Wildman–Crippen MR) is 117 cm³/mol. The third-order valence-electron chi connectivity index (χ3n) is 4.84. The fourth-order valence-corrected chi connectivity index (χ4v) is 3.24. The van der Waals surface area contributed by atoms with Crippen LogP contribution in [-0.4, -0.2) is 39.5 Å². The van der Waals surface area contributed by atoms with Gasteiger partial charge in [-0.05, 0) is 51.0 Å². The van der Waals surface area contributed by atoms with Crippen molar-refractivity contribution in [3.05, 3.63) is 82.8 Å². The smallest absolute Gasteiger partial charge is 0.368 e. The van der Waals surface area contributed by atoms with Crippen LogP contribution in [0, 0.1) is 0 Å². The molecule has 2 amide bonds. The fraction of sp³-hybridized carbons (Fsp3) is 0.182. The van der Waals surface area contributed by atoms with Gasteiger partial charge >= 0.3 is 11.7 Å². The first kappa shape index (κ1) is 20.3. The van der Waals surface area contributed by atoms with Crippen molar-refractivity contribution in [2.75, 3.05) is 19.0 Å². The highest BCUT2D eigenvalue weighted by Crippen LogP contribution is 2.18. The van der Waals surface area contributed by atoms with Gasteiger partial charge in [0.1, 0.15) is 0 Å². The summed E-state index contributed by atoms with van der Waals surface area (Å²) in [5.74, 6) is 0. The van der Waals surface area contributed by atoms with Crippen LogP contribution >= 0.6 is 0 Å². The van der Waals surface area contributed by atoms with E-state index in [9.17, 15) is 9.59 Å². The van der Waals surface area contributed by atoms with Crippen molar-refractivity contribution in [2.45, 2.75) is 13.1 Å². The molecule has 31 heavy (non-hydrogen) atoms. The standard InChI is InChI=1S/C22H22N6O3/c1-31-14-13-27-22(30)28(26-25-27)19-11-9-18(10-12-19)24-21(29)23-15-17-7-4-6-16-5-2-3-8-20(16)17/h2-12H,13-15H2,1H3,(H2,23,24,29). The van der Waals surface area contributed by atoms with E-state index in [1.165, 1.54) is 9.36 Å². The maximum absolute atomic E-state index is 12.3. The van der Waals surface area contributed by atoms with E-state index in [1.54, 1.807) is 31.4 Å². The van der Waals surface area contributed by atoms with Gasteiger partial charge in [0.2, 0.25) is 0 Å². The largest absolute Gasteiger partial charge is 0.383 e. The van der Waals surface area contributed by atoms with Crippen LogP contribution in [0.1, 0.15) is 5.56 Å². The summed E-state index contributed by atoms with van der Waals surface area (Å²) in [4.78, 5) is 24.6. The first-order valence-corrected chi connectivity index (χ1v) is 9.79. The number of nitrogens with one attached hydrogen (secondary N) is 2. The minimum atomic E-state index is -0.356. The Morgan fingerprint density at radius 1 is 1.00 bits per heavy atom. The lowest BCUT2D eigenvalue weighted by molar-refractivity contribution is 0.181. The first-order valence-electron chi connectivity index (χ1n) is 9.79. The van der Waals surface area contributed by atoms with Crippen molar-refractivity contribution < 1.29 is 9.53 Å². The van der Waals surface area contributed by atoms with E-state index in [2.05, 4.69) is 21.1 Å². The summed E-state index contributed by atoms with van der Waals surface area (Å²) in [5.41, 5.74) is 1.83. The van der Waals surface area contributed by atoms with Crippen molar-refractivity contribution in [1.29, 1.82) is 0 Å². The molecule has 4 rings (SSSR count). The second-order valence-electron chi connectivity index (χ2n) is 6.88. The topological polar surface area (TPSA) is 103 Å². The maximum atomic E-state index is 12.3. The van der Waals surface area contributed by atoms with Gasteiger partial charge < -0.3 is 15.4 Å². The zero-order chi connectivity index (χ0) is 21.6. The van der Waals surface area contributed by atoms with Gasteiger partial charge in [0, 0.05) is 19.3 Å². The van der Waals surface area contributed by atoms with Crippen molar-refractivity contribution in [3.8, 4) is 5.69 Å². The van der Waals surface area contributed by atoms with Crippen LogP contribution < -0.4 is 16.3 Å². The number of carbonyl (C=O) groups excluding carboxylic acids is 1. The Kier molecular flexibility index (Phi) is 6.04. The number of methoxy groups -OCH3 is 1. The van der Waals surface area contributed by atoms with E-state index < -0.39 is 0 Å². The Labute approximate surface area is 178 Å². The van der Waals surface area contributed by atoms with Gasteiger partial charge in [-0.3, -0.25) is 0 Å². The molecule has 9 nitrogen and oxygen atoms in total. The van der Waals surface area contributed by atoms with Crippen molar-refractivity contribution >= 4 is 22.5 Å². The van der Waals surface area contributed by atoms with E-state index in [1.807, 2.05) is 42.5 Å². The highest BCUT2D eigenvalue weighted by Gasteiger charge is 2.09. The molecule has 0 saturated heterocycles. The van der Waals surface area contributed by atoms with Gasteiger partial charge in [-0.1, -0.05) is 42.5 Å². The number of tetrazole rings is 1. The molecule has 1 heterocycles. The zero-order valence-corrected chi connectivity index (χ0v) is 17.0. The van der Waals surface area contributed by atoms with Crippen LogP contribution in [-0.2, 0) is 17.8 Å². The molecule has 0 aliphatic carbocycles. The molecule has 0 aliphatic heterocycles. The number of rotatable bonds is 7. The summed E-state index contributed by atoms with van der Waals surface area (Å²) in [7, 11) is 1.55. The first-order chi connectivity index (χ1) is 15.2. The molecule has 0 saturated carbocycles. The molecule has 0 bridgehead atoms. The van der Waals surface area contributed by atoms with E-state index in [4.69, 9.17) is 4.74 Å². The summed E-state index contributed by atoms with van der Waals surface area (Å²) < 4.78 is 7.38. The Bertz CT molecular complexity index is 1240. The van der Waals surface area contributed by atoms with Gasteiger partial charge in [-0.15, -0.1) is 0 Å². The Morgan fingerprint density at radius 2 is 1.77 bits per heavy atom. The number of ether oxygens (including phenoxy) is 1. The monoisotopic (exact) mass is 418 g/mol. The highest BCUT2D eigenvalue weighted by atomic mass is 16.5. The summed E-state index contributed by atoms with van der Waals surface area (Å²) >= 11 is 0. The number of aromatic nitrogens is 4. The predicted octanol–water partition coefficient (Wildman–Crippen LogP) is 2.55. The molecule has 0 unspecified atom stereocenters. The van der Waals surface area contributed by atoms with Crippen LogP contribution in [0.2, 0.25) is 0 Å². The number of nitrogens with zero attached hydrogens (tertiary/aromatic N) is 4. The van der Waals surface area contributed by atoms with E-state index >= 15 is 0 Å². The molecule has 1 aromatic heterocycles. The molecular formula is C22H22N6O3. The number of anilines is 1. The van der Waals surface area contributed by atoms with Crippen LogP contribution in [0.3, 0.4) is 0 Å². The van der Waals surface area contributed by atoms with Crippen LogP contribution in [0.5, 0.6) is 0 Å². The molecule has 4 aromatic rings. The molecule has 0 radical (unpaired) electrons. The Hall–Kier alpha value is -3.98. The maximum Gasteiger partial charge on any atom is 0.368 e. The molecular weight excluding hydrogens is 396 g/mol. The van der Waals surface area contributed by atoms with Gasteiger partial charge in [0.25, 0.3) is 0 Å². The second-order valence-corrected chi connectivity index (χ2v) is 6.88. The van der Waals surface area contributed by atoms with Crippen molar-refractivity contribution in [1.82, 2.24) is 25.1 Å². The summed E-state index contributed by atoms with van der Waals surface area (Å²) in [5, 5.41) is 15.6. The van der Waals surface area contributed by atoms with Gasteiger partial charge in [0.15, 0.2) is 0 Å². The quantitative estimate of drug-likeness (QED) is 0.480. The molecule has 2 N–H and O–H groups in total. The lowest BCUT2D eigenvalue weighted by Gasteiger charge is -2.10. The van der Waals surface area contributed by atoms with Crippen molar-refractivity contribution in [2.24, 2.45) is 0 Å². The lowest BCUT2D eigenvalue weighted by atomic mass is 10.0. The highest BCUT2D eigenvalue weighted by molar-refractivity contribution is 5.90. The number of hydrogen-bond acceptors (Lipinski definition) is 5. The lowest BCUT2D eigenvalue weighted by Crippen LogP contribution is -2.28. The molecule has 3 aromatic carbocycles. The van der Waals surface area contributed by atoms with Gasteiger partial charge in [-0.25, -0.2) is 9.59 Å². The third kappa shape index (κ3) is 4.62. The molecule has 0 aliphatic rings. The zero-order valence-electron chi connectivity index (χ0n) is 17.0. The van der Waals surface area contributed by atoms with Crippen molar-refractivity contribution in [3.63, 3.8) is 0 Å². The Balaban J connectivity index is 1.38. The number of amides is 2. The minimum Gasteiger partial charge on any atom is -0.383 e. The van der Waals surface area contributed by atoms with E-state index in [0.717, 1.165) is 16.3 Å². The van der Waals surface area contributed by atoms with Crippen LogP contribution in [0.4, 0.5) is 10.5 Å². The fourth-order valence-electron chi connectivity index (χ4n) is 3.24. The summed E-state index contributed by atoms with van der Waals surface area (Å²) in [6.45, 7) is 1.10. The normalized spacial score (nSPS) is 10.9. The van der Waals surface area contributed by atoms with E-state index in [-0.39, 0.29) is 11.7 Å². The number of benzene rings is 3. The summed E-state index contributed by atoms with van der Waals surface area (Å²) in [6, 6.07) is 20.5. The molecule has 0 spiro atoms. The number of hydrogen-bond donors (Lipinski definition) is 2. The SMILES string of the molecule is COCCn1nnn(-c2ccc(NC(=O)NCc3cccc4ccccc34)cc2)c1=O. The molecule has 158 valence electrons.